The number of fused-ring (bicyclic) bond motifs is 1. The Balaban J connectivity index is 1.86. The van der Waals surface area contributed by atoms with E-state index in [9.17, 15) is 0 Å². The van der Waals surface area contributed by atoms with Crippen molar-refractivity contribution in [3.8, 4) is 0 Å². The van der Waals surface area contributed by atoms with E-state index in [1.54, 1.807) is 0 Å². The highest BCUT2D eigenvalue weighted by Crippen LogP contribution is 2.30. The maximum Gasteiger partial charge on any atom is 0.104 e. The van der Waals surface area contributed by atoms with Crippen molar-refractivity contribution in [3.05, 3.63) is 57.6 Å². The first-order chi connectivity index (χ1) is 9.63. The minimum Gasteiger partial charge on any atom is -0.389 e. The molecular formula is C16H15BrN2S. The van der Waals surface area contributed by atoms with Crippen LogP contribution in [0.1, 0.15) is 23.1 Å². The molecular weight excluding hydrogens is 332 g/mol. The number of rotatable bonds is 3. The van der Waals surface area contributed by atoms with Gasteiger partial charge in [0, 0.05) is 15.7 Å². The summed E-state index contributed by atoms with van der Waals surface area (Å²) >= 11 is 8.54. The fourth-order valence-electron chi connectivity index (χ4n) is 2.57. The lowest BCUT2D eigenvalue weighted by atomic mass is 10.1. The quantitative estimate of drug-likeness (QED) is 0.813. The van der Waals surface area contributed by atoms with Crippen LogP contribution in [0.5, 0.6) is 0 Å². The topological polar surface area (TPSA) is 38.0 Å². The summed E-state index contributed by atoms with van der Waals surface area (Å²) in [5.74, 6) is 0. The molecule has 0 aliphatic heterocycles. The Kier molecular flexibility index (Phi) is 3.76. The molecule has 1 aliphatic rings. The normalized spacial score (nSPS) is 13.1. The van der Waals surface area contributed by atoms with Crippen LogP contribution < -0.4 is 11.1 Å². The van der Waals surface area contributed by atoms with Gasteiger partial charge in [0.15, 0.2) is 0 Å². The predicted octanol–water partition coefficient (Wildman–Crippen LogP) is 4.32. The first-order valence-corrected chi connectivity index (χ1v) is 7.82. The van der Waals surface area contributed by atoms with Crippen LogP contribution in [-0.2, 0) is 12.8 Å². The second kappa shape index (κ2) is 5.54. The van der Waals surface area contributed by atoms with Gasteiger partial charge in [-0.2, -0.15) is 0 Å². The van der Waals surface area contributed by atoms with Crippen molar-refractivity contribution < 1.29 is 0 Å². The molecule has 1 aliphatic carbocycles. The van der Waals surface area contributed by atoms with Crippen LogP contribution in [-0.4, -0.2) is 4.99 Å². The predicted molar refractivity (Wildman–Crippen MR) is 91.8 cm³/mol. The Morgan fingerprint density at radius 2 is 1.90 bits per heavy atom. The Morgan fingerprint density at radius 3 is 2.65 bits per heavy atom. The zero-order chi connectivity index (χ0) is 14.1. The smallest absolute Gasteiger partial charge is 0.104 e. The fraction of sp³-hybridized carbons (Fsp3) is 0.188. The number of hydrogen-bond acceptors (Lipinski definition) is 2. The summed E-state index contributed by atoms with van der Waals surface area (Å²) in [6, 6.07) is 12.5. The van der Waals surface area contributed by atoms with Crippen molar-refractivity contribution in [1.29, 1.82) is 0 Å². The highest BCUT2D eigenvalue weighted by Gasteiger charge is 2.11. The molecule has 3 rings (SSSR count). The minimum atomic E-state index is 0.412. The van der Waals surface area contributed by atoms with Crippen molar-refractivity contribution in [2.24, 2.45) is 5.73 Å². The van der Waals surface area contributed by atoms with Gasteiger partial charge in [0.05, 0.1) is 5.69 Å². The second-order valence-corrected chi connectivity index (χ2v) is 6.32. The Morgan fingerprint density at radius 1 is 1.10 bits per heavy atom. The molecule has 3 N–H and O–H groups in total. The zero-order valence-electron chi connectivity index (χ0n) is 10.9. The van der Waals surface area contributed by atoms with E-state index < -0.39 is 0 Å². The number of aryl methyl sites for hydroxylation is 2. The highest BCUT2D eigenvalue weighted by molar-refractivity contribution is 9.10. The van der Waals surface area contributed by atoms with E-state index in [4.69, 9.17) is 18.0 Å². The Bertz CT molecular complexity index is 682. The van der Waals surface area contributed by atoms with E-state index in [2.05, 4.69) is 39.4 Å². The highest BCUT2D eigenvalue weighted by atomic mass is 79.9. The van der Waals surface area contributed by atoms with Gasteiger partial charge in [-0.3, -0.25) is 0 Å². The number of halogens is 1. The van der Waals surface area contributed by atoms with Gasteiger partial charge in [-0.25, -0.2) is 0 Å². The van der Waals surface area contributed by atoms with E-state index >= 15 is 0 Å². The molecule has 0 aromatic heterocycles. The van der Waals surface area contributed by atoms with Crippen molar-refractivity contribution in [2.75, 3.05) is 5.32 Å². The molecule has 0 saturated carbocycles. The van der Waals surface area contributed by atoms with Crippen LogP contribution in [0.3, 0.4) is 0 Å². The third kappa shape index (κ3) is 2.72. The van der Waals surface area contributed by atoms with Crippen LogP contribution >= 0.6 is 28.1 Å². The first-order valence-electron chi connectivity index (χ1n) is 6.61. The van der Waals surface area contributed by atoms with Crippen LogP contribution in [0, 0.1) is 0 Å². The third-order valence-electron chi connectivity index (χ3n) is 3.63. The van der Waals surface area contributed by atoms with E-state index in [-0.39, 0.29) is 0 Å². The molecule has 0 saturated heterocycles. The molecule has 2 aromatic carbocycles. The molecule has 0 unspecified atom stereocenters. The standard InChI is InChI=1S/C16H15BrN2S/c17-14-9-12(16(18)20)5-7-15(14)19-13-6-4-10-2-1-3-11(10)8-13/h4-9,19H,1-3H2,(H2,18,20). The van der Waals surface area contributed by atoms with Crippen molar-refractivity contribution >= 4 is 44.5 Å². The first kappa shape index (κ1) is 13.6. The summed E-state index contributed by atoms with van der Waals surface area (Å²) in [7, 11) is 0. The van der Waals surface area contributed by atoms with Gasteiger partial charge in [0.25, 0.3) is 0 Å². The van der Waals surface area contributed by atoms with E-state index in [1.165, 1.54) is 30.4 Å². The largest absolute Gasteiger partial charge is 0.389 e. The molecule has 0 radical (unpaired) electrons. The number of nitrogens with two attached hydrogens (primary N) is 1. The third-order valence-corrected chi connectivity index (χ3v) is 4.52. The SMILES string of the molecule is NC(=S)c1ccc(Nc2ccc3c(c2)CCC3)c(Br)c1. The van der Waals surface area contributed by atoms with E-state index in [0.717, 1.165) is 21.4 Å². The van der Waals surface area contributed by atoms with Gasteiger partial charge in [0.2, 0.25) is 0 Å². The molecule has 0 bridgehead atoms. The van der Waals surface area contributed by atoms with Crippen molar-refractivity contribution in [2.45, 2.75) is 19.3 Å². The molecule has 0 spiro atoms. The molecule has 0 heterocycles. The lowest BCUT2D eigenvalue weighted by Gasteiger charge is -2.11. The number of anilines is 2. The van der Waals surface area contributed by atoms with Crippen LogP contribution in [0.2, 0.25) is 0 Å². The lowest BCUT2D eigenvalue weighted by Crippen LogP contribution is -2.09. The maximum atomic E-state index is 5.64. The van der Waals surface area contributed by atoms with Gasteiger partial charge in [0.1, 0.15) is 4.99 Å². The Labute approximate surface area is 132 Å². The number of nitrogens with one attached hydrogen (secondary N) is 1. The van der Waals surface area contributed by atoms with Crippen molar-refractivity contribution in [3.63, 3.8) is 0 Å². The van der Waals surface area contributed by atoms with E-state index in [0.29, 0.717) is 4.99 Å². The molecule has 0 fully saturated rings. The van der Waals surface area contributed by atoms with Gasteiger partial charge in [-0.1, -0.05) is 18.3 Å². The van der Waals surface area contributed by atoms with Gasteiger partial charge in [-0.05, 0) is 76.7 Å². The van der Waals surface area contributed by atoms with Crippen LogP contribution in [0.4, 0.5) is 11.4 Å². The molecule has 0 amide bonds. The fourth-order valence-corrected chi connectivity index (χ4v) is 3.18. The second-order valence-electron chi connectivity index (χ2n) is 5.02. The summed E-state index contributed by atoms with van der Waals surface area (Å²) < 4.78 is 0.961. The van der Waals surface area contributed by atoms with Crippen molar-refractivity contribution in [1.82, 2.24) is 0 Å². The monoisotopic (exact) mass is 346 g/mol. The molecule has 20 heavy (non-hydrogen) atoms. The molecule has 2 nitrogen and oxygen atoms in total. The maximum absolute atomic E-state index is 5.64. The molecule has 102 valence electrons. The summed E-state index contributed by atoms with van der Waals surface area (Å²) in [5, 5.41) is 3.44. The average molecular weight is 347 g/mol. The molecule has 2 aromatic rings. The summed E-state index contributed by atoms with van der Waals surface area (Å²) in [6.07, 6.45) is 3.67. The molecule has 0 atom stereocenters. The zero-order valence-corrected chi connectivity index (χ0v) is 13.4. The molecule has 4 heteroatoms. The average Bonchev–Trinajstić information content (AvgIpc) is 2.88. The summed E-state index contributed by atoms with van der Waals surface area (Å²) in [4.78, 5) is 0.412. The van der Waals surface area contributed by atoms with Gasteiger partial charge >= 0.3 is 0 Å². The van der Waals surface area contributed by atoms with Gasteiger partial charge in [-0.15, -0.1) is 0 Å². The number of thiocarbonyl (C=S) groups is 1. The van der Waals surface area contributed by atoms with Gasteiger partial charge < -0.3 is 11.1 Å². The number of benzene rings is 2. The minimum absolute atomic E-state index is 0.412. The van der Waals surface area contributed by atoms with Crippen LogP contribution in [0.15, 0.2) is 40.9 Å². The summed E-state index contributed by atoms with van der Waals surface area (Å²) in [6.45, 7) is 0. The Hall–Kier alpha value is -1.39. The number of hydrogen-bond donors (Lipinski definition) is 2. The van der Waals surface area contributed by atoms with E-state index in [1.807, 2.05) is 18.2 Å². The van der Waals surface area contributed by atoms with Crippen LogP contribution in [0.25, 0.3) is 0 Å². The lowest BCUT2D eigenvalue weighted by molar-refractivity contribution is 0.912. The summed E-state index contributed by atoms with van der Waals surface area (Å²) in [5.41, 5.74) is 11.6.